The van der Waals surface area contributed by atoms with Gasteiger partial charge in [0, 0.05) is 0 Å². The number of hydrogen-bond acceptors (Lipinski definition) is 7. The van der Waals surface area contributed by atoms with Gasteiger partial charge in [-0.25, -0.2) is 9.18 Å². The maximum absolute atomic E-state index is 14.2. The molecule has 7 nitrogen and oxygen atoms in total. The van der Waals surface area contributed by atoms with Gasteiger partial charge in [0.2, 0.25) is 0 Å². The number of thiol groups is 1. The summed E-state index contributed by atoms with van der Waals surface area (Å²) in [6.07, 6.45) is -4.84. The first kappa shape index (κ1) is 21.3. The molecule has 0 fully saturated rings. The molecule has 1 aromatic heterocycles. The number of alkyl halides is 3. The van der Waals surface area contributed by atoms with Crippen molar-refractivity contribution in [3.63, 3.8) is 0 Å². The van der Waals surface area contributed by atoms with E-state index in [2.05, 4.69) is 22.8 Å². The number of esters is 1. The number of halogens is 4. The molecule has 1 heterocycles. The van der Waals surface area contributed by atoms with Crippen LogP contribution < -0.4 is 5.32 Å². The lowest BCUT2D eigenvalue weighted by Gasteiger charge is -2.12. The molecule has 3 aromatic rings. The molecule has 0 aliphatic carbocycles. The zero-order chi connectivity index (χ0) is 21.9. The predicted octanol–water partition coefficient (Wildman–Crippen LogP) is 4.13. The van der Waals surface area contributed by atoms with E-state index in [4.69, 9.17) is 9.15 Å². The molecule has 156 valence electrons. The zero-order valence-electron chi connectivity index (χ0n) is 14.7. The van der Waals surface area contributed by atoms with Crippen molar-refractivity contribution >= 4 is 30.5 Å². The van der Waals surface area contributed by atoms with E-state index >= 15 is 0 Å². The largest absolute Gasteiger partial charge is 0.454 e. The van der Waals surface area contributed by atoms with Gasteiger partial charge >= 0.3 is 24.1 Å². The third-order valence-corrected chi connectivity index (χ3v) is 4.14. The van der Waals surface area contributed by atoms with Crippen molar-refractivity contribution in [3.8, 4) is 0 Å². The number of nitrogens with one attached hydrogen (secondary N) is 1. The van der Waals surface area contributed by atoms with Crippen LogP contribution in [0.2, 0.25) is 0 Å². The van der Waals surface area contributed by atoms with Gasteiger partial charge in [0.25, 0.3) is 5.91 Å². The second-order valence-electron chi connectivity index (χ2n) is 5.75. The van der Waals surface area contributed by atoms with Gasteiger partial charge in [0.05, 0.1) is 16.0 Å². The van der Waals surface area contributed by atoms with Crippen molar-refractivity contribution in [2.45, 2.75) is 17.7 Å². The first-order valence-electron chi connectivity index (χ1n) is 8.11. The van der Waals surface area contributed by atoms with Crippen molar-refractivity contribution in [2.75, 3.05) is 5.32 Å². The highest BCUT2D eigenvalue weighted by molar-refractivity contribution is 7.80. The van der Waals surface area contributed by atoms with Crippen molar-refractivity contribution < 1.29 is 36.3 Å². The smallest absolute Gasteiger partial charge is 0.417 e. The van der Waals surface area contributed by atoms with Crippen LogP contribution in [0.25, 0.3) is 0 Å². The second-order valence-corrected chi connectivity index (χ2v) is 6.20. The highest BCUT2D eigenvalue weighted by Crippen LogP contribution is 2.36. The Labute approximate surface area is 171 Å². The van der Waals surface area contributed by atoms with Gasteiger partial charge in [-0.3, -0.25) is 10.1 Å². The van der Waals surface area contributed by atoms with Crippen LogP contribution in [0.1, 0.15) is 32.2 Å². The molecule has 0 aliphatic heterocycles. The highest BCUT2D eigenvalue weighted by atomic mass is 32.1. The molecule has 0 saturated heterocycles. The number of rotatable bonds is 5. The van der Waals surface area contributed by atoms with Crippen molar-refractivity contribution in [1.29, 1.82) is 0 Å². The quantitative estimate of drug-likeness (QED) is 0.351. The molecule has 0 radical (unpaired) electrons. The summed E-state index contributed by atoms with van der Waals surface area (Å²) in [6.45, 7) is -0.0643. The highest BCUT2D eigenvalue weighted by Gasteiger charge is 2.35. The van der Waals surface area contributed by atoms with E-state index in [-0.39, 0.29) is 6.61 Å². The molecule has 0 spiro atoms. The molecule has 0 aliphatic rings. The molecule has 1 N–H and O–H groups in total. The number of aromatic nitrogens is 2. The minimum absolute atomic E-state index is 0.0643. The van der Waals surface area contributed by atoms with E-state index in [1.807, 2.05) is 5.32 Å². The summed E-state index contributed by atoms with van der Waals surface area (Å²) in [5.74, 6) is -4.20. The lowest BCUT2D eigenvalue weighted by atomic mass is 10.1. The van der Waals surface area contributed by atoms with E-state index in [0.29, 0.717) is 17.7 Å². The Kier molecular flexibility index (Phi) is 6.06. The number of amides is 1. The Morgan fingerprint density at radius 1 is 1.10 bits per heavy atom. The van der Waals surface area contributed by atoms with E-state index < -0.39 is 51.8 Å². The minimum atomic E-state index is -4.84. The normalized spacial score (nSPS) is 11.2. The summed E-state index contributed by atoms with van der Waals surface area (Å²) in [7, 11) is 0. The number of ether oxygens (including phenoxy) is 1. The first-order chi connectivity index (χ1) is 14.2. The number of benzene rings is 2. The van der Waals surface area contributed by atoms with Crippen LogP contribution in [0.3, 0.4) is 0 Å². The van der Waals surface area contributed by atoms with E-state index in [1.54, 1.807) is 30.3 Å². The molecule has 30 heavy (non-hydrogen) atoms. The van der Waals surface area contributed by atoms with E-state index in [0.717, 1.165) is 0 Å². The molecule has 0 bridgehead atoms. The summed E-state index contributed by atoms with van der Waals surface area (Å²) < 4.78 is 62.4. The first-order valence-corrected chi connectivity index (χ1v) is 8.56. The lowest BCUT2D eigenvalue weighted by Crippen LogP contribution is -2.16. The number of nitrogens with zero attached hydrogens (tertiary/aromatic N) is 2. The number of hydrogen-bond donors (Lipinski definition) is 2. The molecule has 0 unspecified atom stereocenters. The van der Waals surface area contributed by atoms with Gasteiger partial charge in [-0.1, -0.05) is 40.5 Å². The van der Waals surface area contributed by atoms with Crippen LogP contribution in [0.5, 0.6) is 0 Å². The number of carbonyl (C=O) groups is 2. The van der Waals surface area contributed by atoms with Crippen molar-refractivity contribution in [2.24, 2.45) is 0 Å². The number of anilines is 1. The van der Waals surface area contributed by atoms with Crippen LogP contribution in [0.15, 0.2) is 51.8 Å². The van der Waals surface area contributed by atoms with E-state index in [1.165, 1.54) is 0 Å². The van der Waals surface area contributed by atoms with Gasteiger partial charge in [0.1, 0.15) is 12.4 Å². The van der Waals surface area contributed by atoms with Crippen LogP contribution in [0, 0.1) is 5.82 Å². The van der Waals surface area contributed by atoms with Crippen LogP contribution >= 0.6 is 12.6 Å². The molecule has 1 amide bonds. The molecule has 12 heteroatoms. The molecule has 0 saturated carbocycles. The Balaban J connectivity index is 1.68. The van der Waals surface area contributed by atoms with Crippen LogP contribution in [-0.2, 0) is 17.5 Å². The third kappa shape index (κ3) is 4.76. The molecule has 3 rings (SSSR count). The van der Waals surface area contributed by atoms with Gasteiger partial charge in [-0.15, -0.1) is 12.6 Å². The van der Waals surface area contributed by atoms with Crippen molar-refractivity contribution in [1.82, 2.24) is 10.2 Å². The zero-order valence-corrected chi connectivity index (χ0v) is 15.6. The van der Waals surface area contributed by atoms with Crippen molar-refractivity contribution in [3.05, 3.63) is 70.9 Å². The summed E-state index contributed by atoms with van der Waals surface area (Å²) in [4.78, 5) is 23.0. The Morgan fingerprint density at radius 2 is 1.80 bits per heavy atom. The average molecular weight is 441 g/mol. The molecule has 2 aromatic carbocycles. The van der Waals surface area contributed by atoms with Crippen LogP contribution in [-0.4, -0.2) is 22.1 Å². The molecule has 0 atom stereocenters. The fourth-order valence-electron chi connectivity index (χ4n) is 2.27. The standard InChI is InChI=1S/C18H11F4N3O4S/c19-12-10(6-7-11(13(12)30)18(20,21)22)14(26)23-17-25-24-15(29-17)16(27)28-8-9-4-2-1-3-5-9/h1-7,30H,8H2,(H,23,25,26). The Bertz CT molecular complexity index is 1090. The molecular formula is C18H11F4N3O4S. The number of carbonyl (C=O) groups excluding carboxylic acids is 2. The SMILES string of the molecule is O=C(OCc1ccccc1)c1nnc(NC(=O)c2ccc(C(F)(F)F)c(S)c2F)o1. The molecular weight excluding hydrogens is 430 g/mol. The van der Waals surface area contributed by atoms with Gasteiger partial charge in [-0.05, 0) is 17.7 Å². The fourth-order valence-corrected chi connectivity index (χ4v) is 2.60. The third-order valence-electron chi connectivity index (χ3n) is 3.70. The average Bonchev–Trinajstić information content (AvgIpc) is 3.16. The minimum Gasteiger partial charge on any atom is -0.454 e. The Morgan fingerprint density at radius 3 is 2.47 bits per heavy atom. The predicted molar refractivity (Wildman–Crippen MR) is 96.5 cm³/mol. The van der Waals surface area contributed by atoms with E-state index in [9.17, 15) is 27.2 Å². The maximum atomic E-state index is 14.2. The monoisotopic (exact) mass is 441 g/mol. The van der Waals surface area contributed by atoms with Gasteiger partial charge in [-0.2, -0.15) is 13.2 Å². The maximum Gasteiger partial charge on any atom is 0.417 e. The summed E-state index contributed by atoms with van der Waals surface area (Å²) in [5.41, 5.74) is -1.36. The topological polar surface area (TPSA) is 94.3 Å². The second kappa shape index (κ2) is 8.53. The van der Waals surface area contributed by atoms with Gasteiger partial charge in [0.15, 0.2) is 0 Å². The summed E-state index contributed by atoms with van der Waals surface area (Å²) >= 11 is 3.49. The van der Waals surface area contributed by atoms with Crippen LogP contribution in [0.4, 0.5) is 23.6 Å². The summed E-state index contributed by atoms with van der Waals surface area (Å²) in [6, 6.07) is 9.31. The summed E-state index contributed by atoms with van der Waals surface area (Å²) in [5, 5.41) is 8.78. The lowest BCUT2D eigenvalue weighted by molar-refractivity contribution is -0.140. The van der Waals surface area contributed by atoms with Gasteiger partial charge < -0.3 is 9.15 Å². The fraction of sp³-hybridized carbons (Fsp3) is 0.111. The Hall–Kier alpha value is -3.41.